The normalized spacial score (nSPS) is 10.7. The fraction of sp³-hybridized carbons (Fsp3) is 0.0769. The van der Waals surface area contributed by atoms with E-state index in [1.54, 1.807) is 12.1 Å². The Balaban J connectivity index is 2.07. The van der Waals surface area contributed by atoms with Gasteiger partial charge >= 0.3 is 0 Å². The number of benzene rings is 1. The van der Waals surface area contributed by atoms with Crippen molar-refractivity contribution in [1.82, 2.24) is 19.5 Å². The van der Waals surface area contributed by atoms with Crippen molar-refractivity contribution < 1.29 is 0 Å². The van der Waals surface area contributed by atoms with Crippen LogP contribution in [0.5, 0.6) is 0 Å². The van der Waals surface area contributed by atoms with Crippen LogP contribution in [0, 0.1) is 11.3 Å². The van der Waals surface area contributed by atoms with E-state index < -0.39 is 0 Å². The lowest BCUT2D eigenvalue weighted by Crippen LogP contribution is -2.02. The van der Waals surface area contributed by atoms with Crippen molar-refractivity contribution in [2.24, 2.45) is 0 Å². The highest BCUT2D eigenvalue weighted by molar-refractivity contribution is 9.10. The summed E-state index contributed by atoms with van der Waals surface area (Å²) < 4.78 is 2.42. The SMILES string of the molecule is N#Cc1ccc(Cn2c(Br)nc3c(N)nc(Cl)nc32)cc1. The summed E-state index contributed by atoms with van der Waals surface area (Å²) in [6.45, 7) is 0.523. The van der Waals surface area contributed by atoms with Gasteiger partial charge in [-0.05, 0) is 45.2 Å². The smallest absolute Gasteiger partial charge is 0.226 e. The number of aromatic nitrogens is 4. The van der Waals surface area contributed by atoms with Crippen molar-refractivity contribution in [3.8, 4) is 6.07 Å². The number of nitrogens with zero attached hydrogens (tertiary/aromatic N) is 5. The number of anilines is 1. The summed E-state index contributed by atoms with van der Waals surface area (Å²) in [5, 5.41) is 8.89. The van der Waals surface area contributed by atoms with E-state index in [0.29, 0.717) is 28.0 Å². The number of nitriles is 1. The zero-order chi connectivity index (χ0) is 15.0. The highest BCUT2D eigenvalue weighted by Gasteiger charge is 2.15. The fourth-order valence-electron chi connectivity index (χ4n) is 1.98. The minimum absolute atomic E-state index is 0.0773. The van der Waals surface area contributed by atoms with Crippen molar-refractivity contribution in [3.05, 3.63) is 45.4 Å². The summed E-state index contributed by atoms with van der Waals surface area (Å²) in [7, 11) is 0. The van der Waals surface area contributed by atoms with Crippen molar-refractivity contribution in [2.45, 2.75) is 6.54 Å². The van der Waals surface area contributed by atoms with Crippen LogP contribution < -0.4 is 5.73 Å². The van der Waals surface area contributed by atoms with Gasteiger partial charge in [-0.15, -0.1) is 0 Å². The second kappa shape index (κ2) is 5.31. The Morgan fingerprint density at radius 3 is 2.62 bits per heavy atom. The van der Waals surface area contributed by atoms with Crippen molar-refractivity contribution in [2.75, 3.05) is 5.73 Å². The van der Waals surface area contributed by atoms with Crippen LogP contribution in [0.3, 0.4) is 0 Å². The monoisotopic (exact) mass is 362 g/mol. The van der Waals surface area contributed by atoms with Gasteiger partial charge in [0.05, 0.1) is 18.2 Å². The molecular formula is C13H8BrClN6. The number of hydrogen-bond acceptors (Lipinski definition) is 5. The number of hydrogen-bond donors (Lipinski definition) is 1. The molecule has 0 bridgehead atoms. The van der Waals surface area contributed by atoms with Gasteiger partial charge < -0.3 is 5.73 Å². The molecule has 6 nitrogen and oxygen atoms in total. The molecule has 0 aliphatic heterocycles. The molecule has 0 unspecified atom stereocenters. The topological polar surface area (TPSA) is 93.4 Å². The number of nitrogens with two attached hydrogens (primary N) is 1. The van der Waals surface area contributed by atoms with Crippen molar-refractivity contribution in [3.63, 3.8) is 0 Å². The number of halogens is 2. The highest BCUT2D eigenvalue weighted by Crippen LogP contribution is 2.24. The molecule has 3 aromatic rings. The first-order chi connectivity index (χ1) is 10.1. The molecule has 2 aromatic heterocycles. The molecule has 2 heterocycles. The molecule has 0 saturated heterocycles. The highest BCUT2D eigenvalue weighted by atomic mass is 79.9. The van der Waals surface area contributed by atoms with Gasteiger partial charge in [0.1, 0.15) is 0 Å². The molecule has 1 aromatic carbocycles. The maximum Gasteiger partial charge on any atom is 0.226 e. The minimum Gasteiger partial charge on any atom is -0.382 e. The molecule has 0 aliphatic rings. The third-order valence-corrected chi connectivity index (χ3v) is 3.75. The van der Waals surface area contributed by atoms with Crippen LogP contribution in [0.4, 0.5) is 5.82 Å². The molecule has 2 N–H and O–H groups in total. The van der Waals surface area contributed by atoms with Crippen LogP contribution in [0.25, 0.3) is 11.2 Å². The molecule has 104 valence electrons. The summed E-state index contributed by atoms with van der Waals surface area (Å²) in [5.41, 5.74) is 8.48. The van der Waals surface area contributed by atoms with Gasteiger partial charge in [0.15, 0.2) is 21.7 Å². The Bertz CT molecular complexity index is 865. The molecule has 3 rings (SSSR count). The van der Waals surface area contributed by atoms with E-state index in [9.17, 15) is 0 Å². The van der Waals surface area contributed by atoms with Crippen molar-refractivity contribution in [1.29, 1.82) is 5.26 Å². The predicted molar refractivity (Wildman–Crippen MR) is 82.7 cm³/mol. The van der Waals surface area contributed by atoms with Gasteiger partial charge in [-0.1, -0.05) is 12.1 Å². The van der Waals surface area contributed by atoms with E-state index >= 15 is 0 Å². The summed E-state index contributed by atoms with van der Waals surface area (Å²) in [6.07, 6.45) is 0. The average Bonchev–Trinajstić information content (AvgIpc) is 2.77. The number of nitrogen functional groups attached to an aromatic ring is 1. The average molecular weight is 364 g/mol. The predicted octanol–water partition coefficient (Wildman–Crippen LogP) is 2.74. The quantitative estimate of drug-likeness (QED) is 0.558. The van der Waals surface area contributed by atoms with Crippen LogP contribution in [0.15, 0.2) is 29.0 Å². The third kappa shape index (κ3) is 2.55. The summed E-state index contributed by atoms with van der Waals surface area (Å²) in [5.74, 6) is 0.240. The van der Waals surface area contributed by atoms with E-state index in [0.717, 1.165) is 5.56 Å². The van der Waals surface area contributed by atoms with Crippen LogP contribution in [0.2, 0.25) is 5.28 Å². The van der Waals surface area contributed by atoms with Gasteiger partial charge in [0.2, 0.25) is 5.28 Å². The van der Waals surface area contributed by atoms with E-state index in [4.69, 9.17) is 22.6 Å². The van der Waals surface area contributed by atoms with Gasteiger partial charge in [-0.2, -0.15) is 15.2 Å². The van der Waals surface area contributed by atoms with E-state index in [1.807, 2.05) is 16.7 Å². The molecule has 0 spiro atoms. The first kappa shape index (κ1) is 13.8. The van der Waals surface area contributed by atoms with Crippen LogP contribution in [-0.4, -0.2) is 19.5 Å². The lowest BCUT2D eigenvalue weighted by atomic mass is 10.1. The van der Waals surface area contributed by atoms with Crippen LogP contribution in [-0.2, 0) is 6.54 Å². The van der Waals surface area contributed by atoms with Gasteiger partial charge in [0.25, 0.3) is 0 Å². The Morgan fingerprint density at radius 1 is 1.24 bits per heavy atom. The molecule has 0 aliphatic carbocycles. The third-order valence-electron chi connectivity index (χ3n) is 2.97. The first-order valence-electron chi connectivity index (χ1n) is 5.92. The second-order valence-electron chi connectivity index (χ2n) is 4.33. The fourth-order valence-corrected chi connectivity index (χ4v) is 2.62. The van der Waals surface area contributed by atoms with Gasteiger partial charge in [0, 0.05) is 0 Å². The standard InChI is InChI=1S/C13H8BrClN6/c14-12-18-9-10(17)19-13(15)20-11(9)21(12)6-8-3-1-7(5-16)2-4-8/h1-4H,6H2,(H2,17,19,20). The second-order valence-corrected chi connectivity index (χ2v) is 5.37. The van der Waals surface area contributed by atoms with Crippen molar-refractivity contribution >= 4 is 44.5 Å². The number of rotatable bonds is 2. The van der Waals surface area contributed by atoms with Gasteiger partial charge in [-0.25, -0.2) is 4.98 Å². The summed E-state index contributed by atoms with van der Waals surface area (Å²) in [4.78, 5) is 12.4. The Kier molecular flexibility index (Phi) is 3.49. The van der Waals surface area contributed by atoms with E-state index in [-0.39, 0.29) is 11.1 Å². The molecule has 0 radical (unpaired) electrons. The molecule has 21 heavy (non-hydrogen) atoms. The Hall–Kier alpha value is -2.17. The first-order valence-corrected chi connectivity index (χ1v) is 7.09. The summed E-state index contributed by atoms with van der Waals surface area (Å²) in [6, 6.07) is 9.37. The lowest BCUT2D eigenvalue weighted by molar-refractivity contribution is 0.790. The molecule has 8 heteroatoms. The van der Waals surface area contributed by atoms with Crippen LogP contribution >= 0.6 is 27.5 Å². The van der Waals surface area contributed by atoms with E-state index in [1.165, 1.54) is 0 Å². The van der Waals surface area contributed by atoms with Gasteiger partial charge in [-0.3, -0.25) is 4.57 Å². The Labute approximate surface area is 133 Å². The molecule has 0 fully saturated rings. The maximum atomic E-state index is 8.81. The lowest BCUT2D eigenvalue weighted by Gasteiger charge is -2.06. The molecule has 0 saturated carbocycles. The maximum absolute atomic E-state index is 8.81. The minimum atomic E-state index is 0.0773. The zero-order valence-corrected chi connectivity index (χ0v) is 12.9. The Morgan fingerprint density at radius 2 is 1.95 bits per heavy atom. The molecule has 0 amide bonds. The zero-order valence-electron chi connectivity index (χ0n) is 10.6. The summed E-state index contributed by atoms with van der Waals surface area (Å²) >= 11 is 9.24. The number of imidazole rings is 1. The largest absolute Gasteiger partial charge is 0.382 e. The molecule has 0 atom stereocenters. The van der Waals surface area contributed by atoms with Crippen LogP contribution in [0.1, 0.15) is 11.1 Å². The molecular weight excluding hydrogens is 356 g/mol. The van der Waals surface area contributed by atoms with E-state index in [2.05, 4.69) is 37.0 Å². The number of fused-ring (bicyclic) bond motifs is 1.